The molecule has 0 aromatic heterocycles. The molecule has 0 unspecified atom stereocenters. The Hall–Kier alpha value is -10.0. The molecule has 2 aliphatic rings. The second-order valence-corrected chi connectivity index (χ2v) is 22.9. The average molecular weight is 1050 g/mol. The monoisotopic (exact) mass is 1050 g/mol. The molecule has 0 aliphatic heterocycles. The second-order valence-electron chi connectivity index (χ2n) is 22.9. The number of hydrogen-bond donors (Lipinski definition) is 0. The van der Waals surface area contributed by atoms with E-state index in [0.717, 1.165) is 34.1 Å². The Kier molecular flexibility index (Phi) is 12.6. The molecule has 12 aromatic carbocycles. The summed E-state index contributed by atoms with van der Waals surface area (Å²) in [5.41, 5.74) is 26.6. The van der Waals surface area contributed by atoms with Crippen LogP contribution in [0.1, 0.15) is 72.2 Å². The third-order valence-electron chi connectivity index (χ3n) is 17.3. The lowest BCUT2D eigenvalue weighted by molar-refractivity contribution is 0.660. The van der Waals surface area contributed by atoms with Crippen molar-refractivity contribution in [2.45, 2.75) is 38.5 Å². The quantitative estimate of drug-likeness (QED) is 0.113. The summed E-state index contributed by atoms with van der Waals surface area (Å²) in [4.78, 5) is 4.76. The molecule has 0 atom stereocenters. The minimum Gasteiger partial charge on any atom is -0.310 e. The van der Waals surface area contributed by atoms with E-state index in [1.54, 1.807) is 0 Å². The molecular weight excluding hydrogens is 989 g/mol. The second kappa shape index (κ2) is 20.6. The highest BCUT2D eigenvalue weighted by atomic mass is 15.1. The van der Waals surface area contributed by atoms with Crippen molar-refractivity contribution in [2.75, 3.05) is 9.80 Å². The third-order valence-corrected chi connectivity index (χ3v) is 17.3. The van der Waals surface area contributed by atoms with Gasteiger partial charge in [0, 0.05) is 45.0 Å². The van der Waals surface area contributed by atoms with Crippen molar-refractivity contribution in [3.05, 3.63) is 324 Å². The standard InChI is InChI=1S/C80H62N2/c1-79(2)75-51-55(33-47-71(75)73-49-45-67(53-77(73)79)81(63-25-13-7-14-26-63)65-41-37-59(38-42-65)57-19-9-5-10-20-57)31-35-61-23-17-30-70-62(24-18-29-69(61)70)36-32-56-34-48-72-74-50-46-68(54-78(74)80(3,4)76(72)52-56)82(64-27-15-8-16-28-64)66-43-39-60(40-44-66)58-21-11-6-12-22-58/h5-54H,1-4H3. The van der Waals surface area contributed by atoms with Crippen molar-refractivity contribution in [3.8, 4) is 44.5 Å². The summed E-state index contributed by atoms with van der Waals surface area (Å²) < 4.78 is 0. The van der Waals surface area contributed by atoms with Gasteiger partial charge in [-0.3, -0.25) is 0 Å². The SMILES string of the molecule is CC1(C)c2cc(C=Cc3cccc4c(C=Cc5ccc6c(c5)C(C)(C)c5cc(N(c7ccccc7)c7ccc(-c8ccccc8)cc7)ccc5-6)cccc34)ccc2-c2ccc(N(c3ccccc3)c3ccc(-c4ccccc4)cc3)cc21. The number of fused-ring (bicyclic) bond motifs is 7. The van der Waals surface area contributed by atoms with Crippen LogP contribution in [-0.2, 0) is 10.8 Å². The molecule has 0 amide bonds. The summed E-state index contributed by atoms with van der Waals surface area (Å²) in [6, 6.07) is 102. The molecule has 0 saturated heterocycles. The van der Waals surface area contributed by atoms with E-state index in [4.69, 9.17) is 0 Å². The van der Waals surface area contributed by atoms with Crippen molar-refractivity contribution >= 4 is 69.2 Å². The Morgan fingerprint density at radius 3 is 0.927 bits per heavy atom. The van der Waals surface area contributed by atoms with E-state index >= 15 is 0 Å². The molecule has 0 N–H and O–H groups in total. The van der Waals surface area contributed by atoms with Crippen molar-refractivity contribution in [1.29, 1.82) is 0 Å². The highest BCUT2D eigenvalue weighted by Crippen LogP contribution is 2.53. The van der Waals surface area contributed by atoms with Gasteiger partial charge in [-0.1, -0.05) is 258 Å². The molecule has 0 saturated carbocycles. The molecular formula is C80H62N2. The fourth-order valence-corrected chi connectivity index (χ4v) is 12.9. The lowest BCUT2D eigenvalue weighted by Crippen LogP contribution is -2.16. The molecule has 0 heterocycles. The Labute approximate surface area is 482 Å². The molecule has 14 rings (SSSR count). The van der Waals surface area contributed by atoms with Crippen LogP contribution in [0.4, 0.5) is 34.1 Å². The van der Waals surface area contributed by atoms with Gasteiger partial charge in [-0.25, -0.2) is 0 Å². The summed E-state index contributed by atoms with van der Waals surface area (Å²) in [7, 11) is 0. The van der Waals surface area contributed by atoms with Crippen LogP contribution in [0.25, 0.3) is 79.6 Å². The fraction of sp³-hybridized carbons (Fsp3) is 0.0750. The van der Waals surface area contributed by atoms with Crippen molar-refractivity contribution in [3.63, 3.8) is 0 Å². The maximum Gasteiger partial charge on any atom is 0.0465 e. The Balaban J connectivity index is 0.712. The number of para-hydroxylation sites is 2. The van der Waals surface area contributed by atoms with Crippen LogP contribution in [0.3, 0.4) is 0 Å². The van der Waals surface area contributed by atoms with E-state index in [2.05, 4.69) is 341 Å². The van der Waals surface area contributed by atoms with E-state index in [1.165, 1.54) is 99.8 Å². The smallest absolute Gasteiger partial charge is 0.0465 e. The van der Waals surface area contributed by atoms with Crippen LogP contribution >= 0.6 is 0 Å². The van der Waals surface area contributed by atoms with Crippen molar-refractivity contribution < 1.29 is 0 Å². The van der Waals surface area contributed by atoms with Gasteiger partial charge in [0.05, 0.1) is 0 Å². The zero-order valence-electron chi connectivity index (χ0n) is 46.8. The van der Waals surface area contributed by atoms with E-state index in [0.29, 0.717) is 0 Å². The molecule has 0 spiro atoms. The average Bonchev–Trinajstić information content (AvgIpc) is 4.12. The molecule has 392 valence electrons. The maximum atomic E-state index is 2.41. The normalized spacial score (nSPS) is 13.5. The Morgan fingerprint density at radius 1 is 0.244 bits per heavy atom. The molecule has 12 aromatic rings. The van der Waals surface area contributed by atoms with Gasteiger partial charge in [-0.05, 0) is 173 Å². The Morgan fingerprint density at radius 2 is 0.549 bits per heavy atom. The van der Waals surface area contributed by atoms with E-state index in [9.17, 15) is 0 Å². The van der Waals surface area contributed by atoms with Gasteiger partial charge in [0.15, 0.2) is 0 Å². The van der Waals surface area contributed by atoms with Crippen molar-refractivity contribution in [1.82, 2.24) is 0 Å². The number of anilines is 6. The van der Waals surface area contributed by atoms with Crippen LogP contribution in [0.15, 0.2) is 279 Å². The first-order valence-electron chi connectivity index (χ1n) is 28.6. The molecule has 0 bridgehead atoms. The highest BCUT2D eigenvalue weighted by molar-refractivity contribution is 5.99. The molecule has 0 radical (unpaired) electrons. The zero-order valence-corrected chi connectivity index (χ0v) is 46.8. The summed E-state index contributed by atoms with van der Waals surface area (Å²) in [5, 5.41) is 2.47. The van der Waals surface area contributed by atoms with Gasteiger partial charge in [0.2, 0.25) is 0 Å². The minimum absolute atomic E-state index is 0.200. The first-order valence-corrected chi connectivity index (χ1v) is 28.6. The molecule has 2 aliphatic carbocycles. The van der Waals surface area contributed by atoms with Gasteiger partial charge >= 0.3 is 0 Å². The lowest BCUT2D eigenvalue weighted by Gasteiger charge is -2.28. The minimum atomic E-state index is -0.200. The van der Waals surface area contributed by atoms with Gasteiger partial charge in [0.1, 0.15) is 0 Å². The van der Waals surface area contributed by atoms with Gasteiger partial charge in [0.25, 0.3) is 0 Å². The van der Waals surface area contributed by atoms with E-state index in [1.807, 2.05) is 0 Å². The van der Waals surface area contributed by atoms with E-state index < -0.39 is 0 Å². The van der Waals surface area contributed by atoms with E-state index in [-0.39, 0.29) is 10.8 Å². The van der Waals surface area contributed by atoms with Crippen LogP contribution < -0.4 is 9.80 Å². The van der Waals surface area contributed by atoms with Crippen molar-refractivity contribution in [2.24, 2.45) is 0 Å². The summed E-state index contributed by atoms with van der Waals surface area (Å²) in [5.74, 6) is 0. The number of rotatable bonds is 12. The van der Waals surface area contributed by atoms with Crippen LogP contribution in [0, 0.1) is 0 Å². The molecule has 2 nitrogen and oxygen atoms in total. The number of hydrogen-bond acceptors (Lipinski definition) is 2. The van der Waals surface area contributed by atoms with Crippen LogP contribution in [0.2, 0.25) is 0 Å². The summed E-state index contributed by atoms with van der Waals surface area (Å²) in [6.45, 7) is 9.51. The highest BCUT2D eigenvalue weighted by Gasteiger charge is 2.38. The van der Waals surface area contributed by atoms with Gasteiger partial charge in [-0.2, -0.15) is 0 Å². The largest absolute Gasteiger partial charge is 0.310 e. The third kappa shape index (κ3) is 9.03. The molecule has 82 heavy (non-hydrogen) atoms. The molecule has 2 heteroatoms. The maximum absolute atomic E-state index is 2.41. The Bertz CT molecular complexity index is 4110. The van der Waals surface area contributed by atoms with Gasteiger partial charge in [-0.15, -0.1) is 0 Å². The summed E-state index contributed by atoms with van der Waals surface area (Å²) in [6.07, 6.45) is 9.15. The zero-order chi connectivity index (χ0) is 55.4. The van der Waals surface area contributed by atoms with Crippen LogP contribution in [-0.4, -0.2) is 0 Å². The fourth-order valence-electron chi connectivity index (χ4n) is 12.9. The molecule has 0 fully saturated rings. The number of nitrogens with zero attached hydrogens (tertiary/aromatic N) is 2. The van der Waals surface area contributed by atoms with Crippen LogP contribution in [0.5, 0.6) is 0 Å². The van der Waals surface area contributed by atoms with Gasteiger partial charge < -0.3 is 9.80 Å². The summed E-state index contributed by atoms with van der Waals surface area (Å²) >= 11 is 0. The topological polar surface area (TPSA) is 6.48 Å². The first kappa shape index (κ1) is 50.2. The predicted octanol–water partition coefficient (Wildman–Crippen LogP) is 22.1. The first-order chi connectivity index (χ1) is 40.2. The predicted molar refractivity (Wildman–Crippen MR) is 350 cm³/mol. The number of benzene rings is 12. The lowest BCUT2D eigenvalue weighted by atomic mass is 9.81.